The normalized spacial score (nSPS) is 11.0. The van der Waals surface area contributed by atoms with E-state index in [4.69, 9.17) is 6.42 Å². The summed E-state index contributed by atoms with van der Waals surface area (Å²) >= 11 is 3.54. The maximum atomic E-state index is 4.95. The van der Waals surface area contributed by atoms with Gasteiger partial charge in [0.2, 0.25) is 11.7 Å². The van der Waals surface area contributed by atoms with Gasteiger partial charge in [0, 0.05) is 58.5 Å². The van der Waals surface area contributed by atoms with Gasteiger partial charge in [0.15, 0.2) is 5.71 Å². The standard InChI is InChI=1S/C27H13BrN/c1-5-6-7-8-9-10-11-12-13-14-15-16-17-18-21-29-23(2)27(3,4)25-22-24(28)19-20-26(25)29/h1,19-20,22H,2-4H3/q+1. The van der Waals surface area contributed by atoms with Crippen LogP contribution in [0.1, 0.15) is 26.3 Å². The van der Waals surface area contributed by atoms with Crippen molar-refractivity contribution in [2.75, 3.05) is 0 Å². The zero-order chi connectivity index (χ0) is 21.1. The fraction of sp³-hybridized carbons (Fsp3) is 0.148. The summed E-state index contributed by atoms with van der Waals surface area (Å²) in [5, 5.41) is 0. The summed E-state index contributed by atoms with van der Waals surface area (Å²) in [7, 11) is 0. The average molecular weight is 431 g/mol. The van der Waals surface area contributed by atoms with E-state index in [0.717, 1.165) is 15.9 Å². The molecule has 132 valence electrons. The summed E-state index contributed by atoms with van der Waals surface area (Å²) in [6.45, 7) is 6.45. The lowest BCUT2D eigenvalue weighted by Gasteiger charge is -2.14. The van der Waals surface area contributed by atoms with Gasteiger partial charge < -0.3 is 0 Å². The molecule has 1 aliphatic heterocycles. The molecule has 29 heavy (non-hydrogen) atoms. The molecule has 1 nitrogen and oxygen atoms in total. The summed E-state index contributed by atoms with van der Waals surface area (Å²) in [6.07, 6.45) is 4.95. The Hall–Kier alpha value is -4.15. The summed E-state index contributed by atoms with van der Waals surface area (Å²) in [5.41, 5.74) is 3.38. The van der Waals surface area contributed by atoms with E-state index in [1.165, 1.54) is 5.56 Å². The third-order valence-electron chi connectivity index (χ3n) is 4.10. The van der Waals surface area contributed by atoms with Gasteiger partial charge in [-0.1, -0.05) is 15.9 Å². The summed E-state index contributed by atoms with van der Waals surface area (Å²) in [5.74, 6) is 35.5. The van der Waals surface area contributed by atoms with Crippen molar-refractivity contribution < 1.29 is 4.58 Å². The molecular weight excluding hydrogens is 418 g/mol. The largest absolute Gasteiger partial charge is 0.243 e. The molecule has 2 rings (SSSR count). The fourth-order valence-electron chi connectivity index (χ4n) is 2.47. The Morgan fingerprint density at radius 1 is 0.793 bits per heavy atom. The summed E-state index contributed by atoms with van der Waals surface area (Å²) < 4.78 is 3.03. The number of nitrogens with zero attached hydrogens (tertiary/aromatic N) is 1. The van der Waals surface area contributed by atoms with E-state index >= 15 is 0 Å². The molecule has 0 spiro atoms. The molecule has 0 fully saturated rings. The van der Waals surface area contributed by atoms with Crippen LogP contribution in [0.3, 0.4) is 0 Å². The zero-order valence-corrected chi connectivity index (χ0v) is 17.7. The van der Waals surface area contributed by atoms with E-state index in [-0.39, 0.29) is 5.41 Å². The Morgan fingerprint density at radius 2 is 1.28 bits per heavy atom. The Labute approximate surface area is 181 Å². The van der Waals surface area contributed by atoms with Crippen molar-refractivity contribution in [2.24, 2.45) is 0 Å². The maximum absolute atomic E-state index is 4.95. The first-order valence-electron chi connectivity index (χ1n) is 8.39. The third kappa shape index (κ3) is 5.66. The van der Waals surface area contributed by atoms with Crippen molar-refractivity contribution in [1.82, 2.24) is 0 Å². The molecule has 0 aromatic heterocycles. The van der Waals surface area contributed by atoms with E-state index in [1.54, 1.807) is 0 Å². The SMILES string of the molecule is C#CC#CC#CC#CC#CC#CC#CC#C[N+]1=C(C)C(C)(C)c2cc(Br)ccc21. The van der Waals surface area contributed by atoms with Crippen LogP contribution in [0.15, 0.2) is 22.7 Å². The molecule has 2 heteroatoms. The molecule has 1 aromatic carbocycles. The molecule has 1 aromatic rings. The average Bonchev–Trinajstić information content (AvgIpc) is 2.88. The van der Waals surface area contributed by atoms with Gasteiger partial charge in [-0.25, -0.2) is 0 Å². The van der Waals surface area contributed by atoms with Gasteiger partial charge in [-0.05, 0) is 67.4 Å². The second-order valence-electron chi connectivity index (χ2n) is 6.09. The summed E-state index contributed by atoms with van der Waals surface area (Å²) in [4.78, 5) is 0. The first kappa shape index (κ1) is 21.2. The Morgan fingerprint density at radius 3 is 1.79 bits per heavy atom. The highest BCUT2D eigenvalue weighted by molar-refractivity contribution is 9.10. The molecular formula is C27H13BrN+. The fourth-order valence-corrected chi connectivity index (χ4v) is 2.83. The molecule has 0 N–H and O–H groups in total. The van der Waals surface area contributed by atoms with Crippen molar-refractivity contribution in [3.8, 4) is 95.4 Å². The predicted octanol–water partition coefficient (Wildman–Crippen LogP) is 3.46. The van der Waals surface area contributed by atoms with Gasteiger partial charge in [0.1, 0.15) is 0 Å². The van der Waals surface area contributed by atoms with Crippen LogP contribution in [0.25, 0.3) is 0 Å². The van der Waals surface area contributed by atoms with Gasteiger partial charge in [-0.2, -0.15) is 0 Å². The van der Waals surface area contributed by atoms with E-state index in [2.05, 4.69) is 138 Å². The predicted molar refractivity (Wildman–Crippen MR) is 121 cm³/mol. The van der Waals surface area contributed by atoms with Gasteiger partial charge >= 0.3 is 0 Å². The molecule has 0 unspecified atom stereocenters. The van der Waals surface area contributed by atoms with E-state index in [1.807, 2.05) is 10.6 Å². The monoisotopic (exact) mass is 430 g/mol. The molecule has 0 aliphatic carbocycles. The van der Waals surface area contributed by atoms with Crippen molar-refractivity contribution in [3.63, 3.8) is 0 Å². The van der Waals surface area contributed by atoms with E-state index in [0.29, 0.717) is 0 Å². The number of fused-ring (bicyclic) bond motifs is 1. The highest BCUT2D eigenvalue weighted by Gasteiger charge is 2.43. The van der Waals surface area contributed by atoms with Crippen LogP contribution in [-0.4, -0.2) is 10.3 Å². The minimum atomic E-state index is -0.0874. The minimum absolute atomic E-state index is 0.0874. The quantitative estimate of drug-likeness (QED) is 0.438. The van der Waals surface area contributed by atoms with Gasteiger partial charge in [-0.15, -0.1) is 11.0 Å². The number of terminal acetylenes is 1. The van der Waals surface area contributed by atoms with Crippen LogP contribution in [0.4, 0.5) is 5.69 Å². The molecule has 1 heterocycles. The maximum Gasteiger partial charge on any atom is 0.243 e. The topological polar surface area (TPSA) is 3.01 Å². The number of hydrogen-bond acceptors (Lipinski definition) is 0. The van der Waals surface area contributed by atoms with Crippen LogP contribution >= 0.6 is 15.9 Å². The molecule has 0 saturated carbocycles. The van der Waals surface area contributed by atoms with Gasteiger partial charge in [0.25, 0.3) is 0 Å². The van der Waals surface area contributed by atoms with Gasteiger partial charge in [-0.3, -0.25) is 0 Å². The molecule has 0 radical (unpaired) electrons. The lowest BCUT2D eigenvalue weighted by Crippen LogP contribution is -2.25. The molecule has 1 aliphatic rings. The first-order chi connectivity index (χ1) is 14.0. The number of rotatable bonds is 0. The molecule has 0 bridgehead atoms. The summed E-state index contributed by atoms with van der Waals surface area (Å²) in [6, 6.07) is 9.30. The molecule has 0 saturated heterocycles. The van der Waals surface area contributed by atoms with Crippen molar-refractivity contribution in [2.45, 2.75) is 26.2 Å². The number of hydrogen-bond donors (Lipinski definition) is 0. The first-order valence-corrected chi connectivity index (χ1v) is 9.18. The van der Waals surface area contributed by atoms with E-state index in [9.17, 15) is 0 Å². The third-order valence-corrected chi connectivity index (χ3v) is 4.60. The lowest BCUT2D eigenvalue weighted by molar-refractivity contribution is -0.334. The van der Waals surface area contributed by atoms with Crippen LogP contribution in [0.2, 0.25) is 0 Å². The number of benzene rings is 1. The molecule has 0 atom stereocenters. The second kappa shape index (κ2) is 10.3. The van der Waals surface area contributed by atoms with E-state index < -0.39 is 0 Å². The van der Waals surface area contributed by atoms with Crippen molar-refractivity contribution >= 4 is 27.3 Å². The Balaban J connectivity index is 2.08. The zero-order valence-electron chi connectivity index (χ0n) is 16.1. The molecule has 0 amide bonds. The van der Waals surface area contributed by atoms with Crippen LogP contribution in [0, 0.1) is 95.4 Å². The highest BCUT2D eigenvalue weighted by atomic mass is 79.9. The second-order valence-corrected chi connectivity index (χ2v) is 7.00. The smallest absolute Gasteiger partial charge is 0.111 e. The van der Waals surface area contributed by atoms with Crippen LogP contribution in [0.5, 0.6) is 0 Å². The van der Waals surface area contributed by atoms with Crippen molar-refractivity contribution in [3.05, 3.63) is 28.2 Å². The Bertz CT molecular complexity index is 1380. The lowest BCUT2D eigenvalue weighted by atomic mass is 9.82. The van der Waals surface area contributed by atoms with Crippen LogP contribution < -0.4 is 0 Å². The minimum Gasteiger partial charge on any atom is -0.111 e. The van der Waals surface area contributed by atoms with Gasteiger partial charge in [0.05, 0.1) is 11.3 Å². The van der Waals surface area contributed by atoms with Crippen LogP contribution in [-0.2, 0) is 5.41 Å². The number of halogens is 1. The highest BCUT2D eigenvalue weighted by Crippen LogP contribution is 2.40. The Kier molecular flexibility index (Phi) is 7.48. The van der Waals surface area contributed by atoms with Crippen molar-refractivity contribution in [1.29, 1.82) is 0 Å².